The van der Waals surface area contributed by atoms with E-state index < -0.39 is 0 Å². The standard InChI is InChI=1S/C12H14Cl2N2S.C4H8N2O/c1-2-7-8-3-4-9(13)11(14)12(8)16-10(7)5-6-15-17;1-7-4(2-5)3-6/h3-4,15-17H,2,5-6H2,1H3;2-3,5H,6H2,1H3/b;4-3+,5-2?. The largest absolute Gasteiger partial charge is 0.494 e. The molecule has 1 aromatic carbocycles. The first-order chi connectivity index (χ1) is 11.5. The SMILES string of the molecule is CCc1c(CCNS)[nH]c2c(Cl)c(Cl)ccc12.CO/C(C=N)=C/N. The van der Waals surface area contributed by atoms with Gasteiger partial charge < -0.3 is 20.9 Å². The highest BCUT2D eigenvalue weighted by Gasteiger charge is 2.13. The van der Waals surface area contributed by atoms with Gasteiger partial charge in [-0.1, -0.05) is 49.0 Å². The Bertz CT molecular complexity index is 716. The molecule has 0 aliphatic heterocycles. The summed E-state index contributed by atoms with van der Waals surface area (Å²) < 4.78 is 7.39. The highest BCUT2D eigenvalue weighted by Crippen LogP contribution is 2.33. The number of H-pyrrole nitrogens is 1. The number of nitrogens with one attached hydrogen (secondary N) is 3. The Morgan fingerprint density at radius 2 is 2.17 bits per heavy atom. The van der Waals surface area contributed by atoms with E-state index in [0.29, 0.717) is 15.8 Å². The van der Waals surface area contributed by atoms with Crippen LogP contribution in [0.2, 0.25) is 10.0 Å². The van der Waals surface area contributed by atoms with Gasteiger partial charge in [0.15, 0.2) is 5.76 Å². The lowest BCUT2D eigenvalue weighted by molar-refractivity contribution is 0.316. The van der Waals surface area contributed by atoms with Crippen LogP contribution < -0.4 is 10.5 Å². The van der Waals surface area contributed by atoms with E-state index >= 15 is 0 Å². The minimum atomic E-state index is 0.375. The lowest BCUT2D eigenvalue weighted by atomic mass is 10.1. The van der Waals surface area contributed by atoms with E-state index in [0.717, 1.165) is 36.5 Å². The number of benzene rings is 1. The molecule has 1 aromatic heterocycles. The summed E-state index contributed by atoms with van der Waals surface area (Å²) in [7, 11) is 1.46. The molecule has 0 spiro atoms. The molecule has 2 rings (SSSR count). The van der Waals surface area contributed by atoms with Crippen LogP contribution in [0.4, 0.5) is 0 Å². The van der Waals surface area contributed by atoms with Crippen LogP contribution in [-0.2, 0) is 17.6 Å². The maximum atomic E-state index is 6.56. The van der Waals surface area contributed by atoms with Gasteiger partial charge in [-0.2, -0.15) is 0 Å². The number of hydrogen-bond donors (Lipinski definition) is 5. The zero-order chi connectivity index (χ0) is 18.1. The van der Waals surface area contributed by atoms with Crippen molar-refractivity contribution in [3.63, 3.8) is 0 Å². The number of fused-ring (bicyclic) bond motifs is 1. The lowest BCUT2D eigenvalue weighted by Gasteiger charge is -2.01. The molecule has 0 fully saturated rings. The number of aromatic nitrogens is 1. The number of nitrogens with two attached hydrogens (primary N) is 1. The molecule has 0 unspecified atom stereocenters. The molecular weight excluding hydrogens is 367 g/mol. The van der Waals surface area contributed by atoms with Gasteiger partial charge in [-0.15, -0.1) is 0 Å². The molecule has 5 N–H and O–H groups in total. The molecule has 0 saturated carbocycles. The second-order valence-electron chi connectivity index (χ2n) is 4.80. The average molecular weight is 389 g/mol. The van der Waals surface area contributed by atoms with Crippen molar-refractivity contribution < 1.29 is 4.74 Å². The van der Waals surface area contributed by atoms with Gasteiger partial charge >= 0.3 is 0 Å². The second-order valence-corrected chi connectivity index (χ2v) is 5.90. The average Bonchev–Trinajstić information content (AvgIpc) is 2.96. The predicted octanol–water partition coefficient (Wildman–Crippen LogP) is 4.10. The fraction of sp³-hybridized carbons (Fsp3) is 0.312. The molecule has 0 amide bonds. The van der Waals surface area contributed by atoms with E-state index in [1.165, 1.54) is 24.6 Å². The topological polar surface area (TPSA) is 86.9 Å². The van der Waals surface area contributed by atoms with Crippen molar-refractivity contribution in [2.75, 3.05) is 13.7 Å². The molecule has 0 bridgehead atoms. The molecule has 5 nitrogen and oxygen atoms in total. The van der Waals surface area contributed by atoms with E-state index in [2.05, 4.69) is 34.2 Å². The molecule has 0 atom stereocenters. The number of allylic oxidation sites excluding steroid dienone is 1. The van der Waals surface area contributed by atoms with Crippen molar-refractivity contribution in [3.8, 4) is 0 Å². The van der Waals surface area contributed by atoms with Gasteiger partial charge in [-0.25, -0.2) is 0 Å². The third-order valence-electron chi connectivity index (χ3n) is 3.44. The summed E-state index contributed by atoms with van der Waals surface area (Å²) in [6.45, 7) is 2.96. The fourth-order valence-electron chi connectivity index (χ4n) is 2.29. The van der Waals surface area contributed by atoms with E-state index in [9.17, 15) is 0 Å². The van der Waals surface area contributed by atoms with Crippen molar-refractivity contribution in [2.24, 2.45) is 5.73 Å². The van der Waals surface area contributed by atoms with Crippen molar-refractivity contribution in [1.29, 1.82) is 5.41 Å². The Kier molecular flexibility index (Phi) is 9.07. The first-order valence-corrected chi connectivity index (χ1v) is 8.54. The summed E-state index contributed by atoms with van der Waals surface area (Å²) in [5.41, 5.74) is 8.40. The summed E-state index contributed by atoms with van der Waals surface area (Å²) in [5.74, 6) is 0.375. The third-order valence-corrected chi connectivity index (χ3v) is 4.47. The van der Waals surface area contributed by atoms with Gasteiger partial charge in [0.2, 0.25) is 0 Å². The van der Waals surface area contributed by atoms with Crippen molar-refractivity contribution in [1.82, 2.24) is 9.71 Å². The zero-order valence-electron chi connectivity index (χ0n) is 13.6. The van der Waals surface area contributed by atoms with Crippen LogP contribution in [0, 0.1) is 5.41 Å². The van der Waals surface area contributed by atoms with Crippen LogP contribution in [0.3, 0.4) is 0 Å². The van der Waals surface area contributed by atoms with E-state index in [1.54, 1.807) is 0 Å². The molecule has 0 aliphatic carbocycles. The Balaban J connectivity index is 0.000000351. The van der Waals surface area contributed by atoms with Gasteiger partial charge in [0.25, 0.3) is 0 Å². The summed E-state index contributed by atoms with van der Waals surface area (Å²) in [5, 5.41) is 8.91. The second kappa shape index (κ2) is 10.5. The summed E-state index contributed by atoms with van der Waals surface area (Å²) in [4.78, 5) is 3.37. The van der Waals surface area contributed by atoms with Gasteiger partial charge in [0.1, 0.15) is 0 Å². The predicted molar refractivity (Wildman–Crippen MR) is 106 cm³/mol. The Morgan fingerprint density at radius 1 is 1.46 bits per heavy atom. The molecule has 2 aromatic rings. The highest BCUT2D eigenvalue weighted by atomic mass is 35.5. The maximum Gasteiger partial charge on any atom is 0.151 e. The number of methoxy groups -OCH3 is 1. The third kappa shape index (κ3) is 5.08. The monoisotopic (exact) mass is 388 g/mol. The van der Waals surface area contributed by atoms with Crippen molar-refractivity contribution in [2.45, 2.75) is 19.8 Å². The number of ether oxygens (including phenoxy) is 1. The molecule has 1 heterocycles. The van der Waals surface area contributed by atoms with E-state index in [1.807, 2.05) is 12.1 Å². The number of aromatic amines is 1. The molecular formula is C16H22Cl2N4OS. The van der Waals surface area contributed by atoms with Gasteiger partial charge in [0, 0.05) is 30.2 Å². The van der Waals surface area contributed by atoms with Crippen LogP contribution in [0.25, 0.3) is 10.9 Å². The summed E-state index contributed by atoms with van der Waals surface area (Å²) in [6, 6.07) is 3.87. The van der Waals surface area contributed by atoms with Crippen LogP contribution in [0.5, 0.6) is 0 Å². The first kappa shape index (κ1) is 20.7. The molecule has 0 saturated heterocycles. The number of rotatable bonds is 6. The molecule has 8 heteroatoms. The number of hydrogen-bond acceptors (Lipinski definition) is 5. The summed E-state index contributed by atoms with van der Waals surface area (Å²) in [6.07, 6.45) is 4.14. The molecule has 0 aliphatic rings. The highest BCUT2D eigenvalue weighted by molar-refractivity contribution is 7.78. The zero-order valence-corrected chi connectivity index (χ0v) is 16.0. The van der Waals surface area contributed by atoms with Gasteiger partial charge in [-0.3, -0.25) is 4.72 Å². The molecule has 132 valence electrons. The number of thiol groups is 1. The van der Waals surface area contributed by atoms with Crippen LogP contribution in [-0.4, -0.2) is 24.9 Å². The number of halogens is 2. The quantitative estimate of drug-likeness (QED) is 0.293. The van der Waals surface area contributed by atoms with Gasteiger partial charge in [0.05, 0.1) is 28.9 Å². The van der Waals surface area contributed by atoms with E-state index in [-0.39, 0.29) is 0 Å². The normalized spacial score (nSPS) is 11.1. The van der Waals surface area contributed by atoms with Crippen LogP contribution in [0.15, 0.2) is 24.1 Å². The van der Waals surface area contributed by atoms with E-state index in [4.69, 9.17) is 34.3 Å². The Morgan fingerprint density at radius 3 is 2.62 bits per heavy atom. The number of aryl methyl sites for hydroxylation is 1. The van der Waals surface area contributed by atoms with Crippen molar-refractivity contribution >= 4 is 53.1 Å². The molecule has 24 heavy (non-hydrogen) atoms. The van der Waals surface area contributed by atoms with Crippen LogP contribution in [0.1, 0.15) is 18.2 Å². The van der Waals surface area contributed by atoms with Crippen molar-refractivity contribution in [3.05, 3.63) is 45.4 Å². The van der Waals surface area contributed by atoms with Crippen LogP contribution >= 0.6 is 36.0 Å². The summed E-state index contributed by atoms with van der Waals surface area (Å²) >= 11 is 16.2. The first-order valence-electron chi connectivity index (χ1n) is 7.34. The van der Waals surface area contributed by atoms with Gasteiger partial charge in [-0.05, 0) is 18.1 Å². The fourth-order valence-corrected chi connectivity index (χ4v) is 2.77. The smallest absolute Gasteiger partial charge is 0.151 e. The lowest BCUT2D eigenvalue weighted by Crippen LogP contribution is -2.06. The minimum Gasteiger partial charge on any atom is -0.494 e. The minimum absolute atomic E-state index is 0.375. The maximum absolute atomic E-state index is 6.56. The Labute approximate surface area is 157 Å². The molecule has 0 radical (unpaired) electrons. The Hall–Kier alpha value is -1.34.